The Kier molecular flexibility index (Phi) is 3.81. The summed E-state index contributed by atoms with van der Waals surface area (Å²) in [6, 6.07) is 5.41. The number of carboxylic acid groups (broad SMARTS) is 1. The highest BCUT2D eigenvalue weighted by atomic mass is 19.1. The number of nitrogens with zero attached hydrogens (tertiary/aromatic N) is 1. The lowest BCUT2D eigenvalue weighted by Crippen LogP contribution is -2.26. The maximum Gasteiger partial charge on any atom is 0.323 e. The molecule has 1 aromatic carbocycles. The summed E-state index contributed by atoms with van der Waals surface area (Å²) < 4.78 is 13.6. The number of hydrogen-bond acceptors (Lipinski definition) is 3. The van der Waals surface area contributed by atoms with E-state index in [0.29, 0.717) is 18.3 Å². The zero-order chi connectivity index (χ0) is 13.1. The maximum absolute atomic E-state index is 13.6. The molecule has 0 radical (unpaired) electrons. The van der Waals surface area contributed by atoms with E-state index in [1.807, 2.05) is 0 Å². The molecular weight excluding hydrogens is 235 g/mol. The number of nitrogens with one attached hydrogen (secondary N) is 1. The molecule has 0 amide bonds. The Labute approximate surface area is 105 Å². The van der Waals surface area contributed by atoms with Gasteiger partial charge in [-0.3, -0.25) is 4.79 Å². The molecule has 4 nitrogen and oxygen atoms in total. The van der Waals surface area contributed by atoms with Crippen LogP contribution in [0.15, 0.2) is 18.2 Å². The fourth-order valence-electron chi connectivity index (χ4n) is 1.80. The zero-order valence-electron chi connectivity index (χ0n) is 10.3. The molecule has 0 heterocycles. The molecule has 0 aliphatic heterocycles. The Hall–Kier alpha value is -1.62. The topological polar surface area (TPSA) is 52.6 Å². The van der Waals surface area contributed by atoms with Crippen LogP contribution in [0.5, 0.6) is 0 Å². The van der Waals surface area contributed by atoms with Crippen LogP contribution in [0.3, 0.4) is 0 Å². The first-order chi connectivity index (χ1) is 8.56. The number of anilines is 1. The van der Waals surface area contributed by atoms with E-state index in [-0.39, 0.29) is 6.54 Å². The molecular formula is C13H17FN2O2. The fraction of sp³-hybridized carbons (Fsp3) is 0.462. The summed E-state index contributed by atoms with van der Waals surface area (Å²) >= 11 is 0. The van der Waals surface area contributed by atoms with Crippen LogP contribution in [0.1, 0.15) is 18.4 Å². The van der Waals surface area contributed by atoms with Gasteiger partial charge in [0.1, 0.15) is 12.4 Å². The van der Waals surface area contributed by atoms with Crippen molar-refractivity contribution in [3.63, 3.8) is 0 Å². The summed E-state index contributed by atoms with van der Waals surface area (Å²) in [6.45, 7) is 0.481. The Morgan fingerprint density at radius 2 is 2.28 bits per heavy atom. The average Bonchev–Trinajstić information content (AvgIpc) is 3.10. The van der Waals surface area contributed by atoms with E-state index in [4.69, 9.17) is 5.11 Å². The molecule has 0 bridgehead atoms. The van der Waals surface area contributed by atoms with Gasteiger partial charge < -0.3 is 15.3 Å². The van der Waals surface area contributed by atoms with Gasteiger partial charge in [-0.2, -0.15) is 0 Å². The third-order valence-corrected chi connectivity index (χ3v) is 2.97. The standard InChI is InChI=1S/C13H17FN2O2/c1-16(8-13(17)18)12-6-9(2-5-11(12)14)7-15-10-3-4-10/h2,5-6,10,15H,3-4,7-8H2,1H3,(H,17,18). The smallest absolute Gasteiger partial charge is 0.323 e. The average molecular weight is 252 g/mol. The van der Waals surface area contributed by atoms with E-state index in [1.165, 1.54) is 23.8 Å². The minimum Gasteiger partial charge on any atom is -0.480 e. The lowest BCUT2D eigenvalue weighted by atomic mass is 10.1. The molecule has 98 valence electrons. The maximum atomic E-state index is 13.6. The van der Waals surface area contributed by atoms with Crippen LogP contribution < -0.4 is 10.2 Å². The Bertz CT molecular complexity index is 447. The van der Waals surface area contributed by atoms with E-state index in [1.54, 1.807) is 19.2 Å². The van der Waals surface area contributed by atoms with Gasteiger partial charge in [-0.15, -0.1) is 0 Å². The second kappa shape index (κ2) is 5.35. The van der Waals surface area contributed by atoms with Gasteiger partial charge in [-0.05, 0) is 30.5 Å². The minimum absolute atomic E-state index is 0.212. The predicted octanol–water partition coefficient (Wildman–Crippen LogP) is 1.60. The second-order valence-electron chi connectivity index (χ2n) is 4.69. The molecule has 5 heteroatoms. The van der Waals surface area contributed by atoms with Crippen molar-refractivity contribution in [1.29, 1.82) is 0 Å². The second-order valence-corrected chi connectivity index (χ2v) is 4.69. The first-order valence-corrected chi connectivity index (χ1v) is 6.01. The number of likely N-dealkylation sites (N-methyl/N-ethyl adjacent to an activating group) is 1. The number of hydrogen-bond donors (Lipinski definition) is 2. The van der Waals surface area contributed by atoms with E-state index in [0.717, 1.165) is 5.56 Å². The zero-order valence-corrected chi connectivity index (χ0v) is 10.3. The van der Waals surface area contributed by atoms with Crippen molar-refractivity contribution in [1.82, 2.24) is 5.32 Å². The van der Waals surface area contributed by atoms with Crippen molar-refractivity contribution in [2.75, 3.05) is 18.5 Å². The van der Waals surface area contributed by atoms with Crippen LogP contribution in [-0.2, 0) is 11.3 Å². The molecule has 1 aliphatic rings. The van der Waals surface area contributed by atoms with Gasteiger partial charge in [0.15, 0.2) is 0 Å². The van der Waals surface area contributed by atoms with Gasteiger partial charge in [0, 0.05) is 19.6 Å². The third-order valence-electron chi connectivity index (χ3n) is 2.97. The van der Waals surface area contributed by atoms with Crippen molar-refractivity contribution in [2.24, 2.45) is 0 Å². The number of benzene rings is 1. The molecule has 2 N–H and O–H groups in total. The number of rotatable bonds is 6. The number of aliphatic carboxylic acids is 1. The number of carboxylic acids is 1. The molecule has 0 atom stereocenters. The van der Waals surface area contributed by atoms with Crippen molar-refractivity contribution in [2.45, 2.75) is 25.4 Å². The largest absolute Gasteiger partial charge is 0.480 e. The van der Waals surface area contributed by atoms with E-state index in [2.05, 4.69) is 5.32 Å². The highest BCUT2D eigenvalue weighted by molar-refractivity contribution is 5.73. The molecule has 0 saturated heterocycles. The lowest BCUT2D eigenvalue weighted by Gasteiger charge is -2.18. The molecule has 0 aromatic heterocycles. The lowest BCUT2D eigenvalue weighted by molar-refractivity contribution is -0.135. The summed E-state index contributed by atoms with van der Waals surface area (Å²) in [5.41, 5.74) is 1.29. The normalized spacial score (nSPS) is 14.6. The van der Waals surface area contributed by atoms with Gasteiger partial charge in [-0.1, -0.05) is 6.07 Å². The summed E-state index contributed by atoms with van der Waals surface area (Å²) in [7, 11) is 1.57. The first-order valence-electron chi connectivity index (χ1n) is 6.01. The fourth-order valence-corrected chi connectivity index (χ4v) is 1.80. The molecule has 0 spiro atoms. The van der Waals surface area contributed by atoms with Crippen LogP contribution >= 0.6 is 0 Å². The first kappa shape index (κ1) is 12.8. The Morgan fingerprint density at radius 3 is 2.89 bits per heavy atom. The van der Waals surface area contributed by atoms with E-state index < -0.39 is 11.8 Å². The highest BCUT2D eigenvalue weighted by Gasteiger charge is 2.20. The van der Waals surface area contributed by atoms with E-state index in [9.17, 15) is 9.18 Å². The summed E-state index contributed by atoms with van der Waals surface area (Å²) in [4.78, 5) is 12.0. The van der Waals surface area contributed by atoms with Crippen molar-refractivity contribution < 1.29 is 14.3 Å². The molecule has 18 heavy (non-hydrogen) atoms. The van der Waals surface area contributed by atoms with Crippen LogP contribution in [0.25, 0.3) is 0 Å². The minimum atomic E-state index is -0.974. The summed E-state index contributed by atoms with van der Waals surface area (Å²) in [5.74, 6) is -1.37. The van der Waals surface area contributed by atoms with Gasteiger partial charge in [0.25, 0.3) is 0 Å². The molecule has 2 rings (SSSR count). The van der Waals surface area contributed by atoms with Gasteiger partial charge in [0.2, 0.25) is 0 Å². The molecule has 1 saturated carbocycles. The molecule has 1 aliphatic carbocycles. The van der Waals surface area contributed by atoms with Crippen molar-refractivity contribution >= 4 is 11.7 Å². The van der Waals surface area contributed by atoms with Crippen LogP contribution in [0.2, 0.25) is 0 Å². The van der Waals surface area contributed by atoms with Crippen LogP contribution in [0, 0.1) is 5.82 Å². The van der Waals surface area contributed by atoms with Crippen LogP contribution in [0.4, 0.5) is 10.1 Å². The van der Waals surface area contributed by atoms with E-state index >= 15 is 0 Å². The monoisotopic (exact) mass is 252 g/mol. The quantitative estimate of drug-likeness (QED) is 0.807. The Morgan fingerprint density at radius 1 is 1.56 bits per heavy atom. The van der Waals surface area contributed by atoms with Gasteiger partial charge in [0.05, 0.1) is 5.69 Å². The van der Waals surface area contributed by atoms with Crippen LogP contribution in [-0.4, -0.2) is 30.7 Å². The predicted molar refractivity (Wildman–Crippen MR) is 67.2 cm³/mol. The molecule has 0 unspecified atom stereocenters. The molecule has 1 fully saturated rings. The number of halogens is 1. The van der Waals surface area contributed by atoms with Crippen molar-refractivity contribution in [3.05, 3.63) is 29.6 Å². The molecule has 1 aromatic rings. The van der Waals surface area contributed by atoms with Gasteiger partial charge in [-0.25, -0.2) is 4.39 Å². The highest BCUT2D eigenvalue weighted by Crippen LogP contribution is 2.22. The SMILES string of the molecule is CN(CC(=O)O)c1cc(CNC2CC2)ccc1F. The van der Waals surface area contributed by atoms with Gasteiger partial charge >= 0.3 is 5.97 Å². The summed E-state index contributed by atoms with van der Waals surface area (Å²) in [6.07, 6.45) is 2.40. The summed E-state index contributed by atoms with van der Waals surface area (Å²) in [5, 5.41) is 12.1. The number of carbonyl (C=O) groups is 1. The third kappa shape index (κ3) is 3.43. The Balaban J connectivity index is 2.06. The van der Waals surface area contributed by atoms with Crippen molar-refractivity contribution in [3.8, 4) is 0 Å².